The number of likely N-dealkylation sites (N-methyl/N-ethyl adjacent to an activating group) is 1. The Morgan fingerprint density at radius 1 is 1.12 bits per heavy atom. The molecule has 5 nitrogen and oxygen atoms in total. The monoisotopic (exact) mass is 337 g/mol. The summed E-state index contributed by atoms with van der Waals surface area (Å²) in [4.78, 5) is 21.8. The number of rotatable bonds is 7. The van der Waals surface area contributed by atoms with Gasteiger partial charge in [0.05, 0.1) is 17.4 Å². The first kappa shape index (κ1) is 17.2. The highest BCUT2D eigenvalue weighted by molar-refractivity contribution is 5.77. The Balaban J connectivity index is 1.62. The number of benzene rings is 2. The Morgan fingerprint density at radius 2 is 1.88 bits per heavy atom. The summed E-state index contributed by atoms with van der Waals surface area (Å²) in [5.41, 5.74) is 1.86. The van der Waals surface area contributed by atoms with Crippen LogP contribution in [0.1, 0.15) is 18.3 Å². The molecule has 1 aromatic heterocycles. The number of ether oxygens (including phenoxy) is 1. The van der Waals surface area contributed by atoms with Gasteiger partial charge in [0, 0.05) is 6.54 Å². The number of aromatic amines is 1. The first-order valence-corrected chi connectivity index (χ1v) is 8.55. The quantitative estimate of drug-likeness (QED) is 0.720. The third kappa shape index (κ3) is 4.45. The molecule has 3 aromatic rings. The smallest absolute Gasteiger partial charge is 0.258 e. The van der Waals surface area contributed by atoms with E-state index < -0.39 is 0 Å². The molecular weight excluding hydrogens is 314 g/mol. The number of hydrogen-bond acceptors (Lipinski definition) is 4. The van der Waals surface area contributed by atoms with Crippen LogP contribution >= 0.6 is 0 Å². The van der Waals surface area contributed by atoms with Gasteiger partial charge in [-0.3, -0.25) is 9.69 Å². The SMILES string of the molecule is CCN(CCOc1ccc(C)cc1)Cc1nc2ccccc2c(=O)[nH]1. The highest BCUT2D eigenvalue weighted by Crippen LogP contribution is 2.11. The zero-order chi connectivity index (χ0) is 17.6. The van der Waals surface area contributed by atoms with Gasteiger partial charge in [0.1, 0.15) is 18.2 Å². The number of H-pyrrole nitrogens is 1. The van der Waals surface area contributed by atoms with Crippen LogP contribution < -0.4 is 10.3 Å². The molecule has 0 aliphatic heterocycles. The van der Waals surface area contributed by atoms with Crippen molar-refractivity contribution < 1.29 is 4.74 Å². The van der Waals surface area contributed by atoms with Crippen molar-refractivity contribution in [2.75, 3.05) is 19.7 Å². The first-order valence-electron chi connectivity index (χ1n) is 8.55. The highest BCUT2D eigenvalue weighted by Gasteiger charge is 2.08. The Morgan fingerprint density at radius 3 is 2.64 bits per heavy atom. The summed E-state index contributed by atoms with van der Waals surface area (Å²) in [6.07, 6.45) is 0. The zero-order valence-corrected chi connectivity index (χ0v) is 14.7. The molecule has 0 aliphatic carbocycles. The Labute approximate surface area is 147 Å². The topological polar surface area (TPSA) is 58.2 Å². The van der Waals surface area contributed by atoms with Crippen molar-refractivity contribution in [2.24, 2.45) is 0 Å². The van der Waals surface area contributed by atoms with Crippen LogP contribution in [0.25, 0.3) is 10.9 Å². The van der Waals surface area contributed by atoms with Gasteiger partial charge in [-0.1, -0.05) is 36.8 Å². The molecule has 25 heavy (non-hydrogen) atoms. The largest absolute Gasteiger partial charge is 0.492 e. The fourth-order valence-corrected chi connectivity index (χ4v) is 2.70. The predicted octanol–water partition coefficient (Wildman–Crippen LogP) is 3.13. The van der Waals surface area contributed by atoms with Crippen LogP contribution in [-0.4, -0.2) is 34.6 Å². The summed E-state index contributed by atoms with van der Waals surface area (Å²) < 4.78 is 5.79. The maximum atomic E-state index is 12.2. The maximum Gasteiger partial charge on any atom is 0.258 e. The van der Waals surface area contributed by atoms with Crippen molar-refractivity contribution in [1.82, 2.24) is 14.9 Å². The van der Waals surface area contributed by atoms with Crippen molar-refractivity contribution in [3.05, 3.63) is 70.3 Å². The lowest BCUT2D eigenvalue weighted by atomic mass is 10.2. The minimum atomic E-state index is -0.0902. The van der Waals surface area contributed by atoms with Crippen LogP contribution in [0.2, 0.25) is 0 Å². The number of nitrogens with one attached hydrogen (secondary N) is 1. The van der Waals surface area contributed by atoms with Crippen molar-refractivity contribution >= 4 is 10.9 Å². The molecule has 1 heterocycles. The molecule has 0 bridgehead atoms. The van der Waals surface area contributed by atoms with Gasteiger partial charge in [0.15, 0.2) is 0 Å². The lowest BCUT2D eigenvalue weighted by molar-refractivity contribution is 0.206. The molecule has 0 spiro atoms. The first-order chi connectivity index (χ1) is 12.2. The third-order valence-electron chi connectivity index (χ3n) is 4.18. The number of hydrogen-bond donors (Lipinski definition) is 1. The zero-order valence-electron chi connectivity index (χ0n) is 14.7. The second kappa shape index (κ2) is 7.94. The molecule has 0 unspecified atom stereocenters. The molecule has 0 atom stereocenters. The van der Waals surface area contributed by atoms with Crippen LogP contribution in [0.15, 0.2) is 53.3 Å². The minimum absolute atomic E-state index is 0.0902. The van der Waals surface area contributed by atoms with E-state index in [4.69, 9.17) is 4.74 Å². The normalized spacial score (nSPS) is 11.2. The summed E-state index contributed by atoms with van der Waals surface area (Å²) >= 11 is 0. The van der Waals surface area contributed by atoms with Gasteiger partial charge in [-0.15, -0.1) is 0 Å². The summed E-state index contributed by atoms with van der Waals surface area (Å²) in [6.45, 7) is 6.95. The lowest BCUT2D eigenvalue weighted by Crippen LogP contribution is -2.29. The maximum absolute atomic E-state index is 12.2. The van der Waals surface area contributed by atoms with E-state index in [1.165, 1.54) is 5.56 Å². The molecule has 2 aromatic carbocycles. The third-order valence-corrected chi connectivity index (χ3v) is 4.18. The van der Waals surface area contributed by atoms with Crippen molar-refractivity contribution in [3.8, 4) is 5.75 Å². The van der Waals surface area contributed by atoms with E-state index in [-0.39, 0.29) is 5.56 Å². The van der Waals surface area contributed by atoms with Gasteiger partial charge in [0.2, 0.25) is 0 Å². The fourth-order valence-electron chi connectivity index (χ4n) is 2.70. The summed E-state index contributed by atoms with van der Waals surface area (Å²) in [5.74, 6) is 1.56. The molecule has 1 N–H and O–H groups in total. The molecule has 0 saturated carbocycles. The van der Waals surface area contributed by atoms with E-state index in [0.717, 1.165) is 24.4 Å². The van der Waals surface area contributed by atoms with E-state index in [0.29, 0.717) is 24.4 Å². The molecule has 3 rings (SSSR count). The Kier molecular flexibility index (Phi) is 5.46. The summed E-state index contributed by atoms with van der Waals surface area (Å²) in [6, 6.07) is 15.4. The molecule has 0 amide bonds. The molecule has 0 fully saturated rings. The van der Waals surface area contributed by atoms with Crippen molar-refractivity contribution in [3.63, 3.8) is 0 Å². The van der Waals surface area contributed by atoms with Gasteiger partial charge in [-0.05, 0) is 37.7 Å². The van der Waals surface area contributed by atoms with Crippen LogP contribution in [0.4, 0.5) is 0 Å². The second-order valence-corrected chi connectivity index (χ2v) is 6.06. The second-order valence-electron chi connectivity index (χ2n) is 6.06. The van der Waals surface area contributed by atoms with E-state index in [9.17, 15) is 4.79 Å². The van der Waals surface area contributed by atoms with Gasteiger partial charge in [0.25, 0.3) is 5.56 Å². The van der Waals surface area contributed by atoms with Gasteiger partial charge < -0.3 is 9.72 Å². The summed E-state index contributed by atoms with van der Waals surface area (Å²) in [5, 5.41) is 0.622. The highest BCUT2D eigenvalue weighted by atomic mass is 16.5. The van der Waals surface area contributed by atoms with E-state index in [2.05, 4.69) is 28.7 Å². The van der Waals surface area contributed by atoms with Gasteiger partial charge in [-0.25, -0.2) is 4.98 Å². The molecular formula is C20H23N3O2. The van der Waals surface area contributed by atoms with E-state index in [1.807, 2.05) is 42.5 Å². The van der Waals surface area contributed by atoms with Crippen LogP contribution in [0.5, 0.6) is 5.75 Å². The van der Waals surface area contributed by atoms with Gasteiger partial charge in [-0.2, -0.15) is 0 Å². The number of fused-ring (bicyclic) bond motifs is 1. The molecule has 130 valence electrons. The number of nitrogens with zero attached hydrogens (tertiary/aromatic N) is 2. The average Bonchev–Trinajstić information content (AvgIpc) is 2.62. The van der Waals surface area contributed by atoms with Crippen molar-refractivity contribution in [1.29, 1.82) is 0 Å². The van der Waals surface area contributed by atoms with E-state index >= 15 is 0 Å². The predicted molar refractivity (Wildman–Crippen MR) is 100.0 cm³/mol. The molecule has 0 saturated heterocycles. The number of aryl methyl sites for hydroxylation is 1. The van der Waals surface area contributed by atoms with E-state index in [1.54, 1.807) is 6.07 Å². The Hall–Kier alpha value is -2.66. The van der Waals surface area contributed by atoms with Crippen molar-refractivity contribution in [2.45, 2.75) is 20.4 Å². The average molecular weight is 337 g/mol. The van der Waals surface area contributed by atoms with Crippen LogP contribution in [-0.2, 0) is 6.54 Å². The fraction of sp³-hybridized carbons (Fsp3) is 0.300. The standard InChI is InChI=1S/C20H23N3O2/c1-3-23(12-13-25-16-10-8-15(2)9-11-16)14-19-21-18-7-5-4-6-17(18)20(24)22-19/h4-11H,3,12-14H2,1-2H3,(H,21,22,24). The lowest BCUT2D eigenvalue weighted by Gasteiger charge is -2.20. The minimum Gasteiger partial charge on any atom is -0.492 e. The van der Waals surface area contributed by atoms with Crippen LogP contribution in [0.3, 0.4) is 0 Å². The number of para-hydroxylation sites is 1. The van der Waals surface area contributed by atoms with Gasteiger partial charge >= 0.3 is 0 Å². The molecule has 0 radical (unpaired) electrons. The molecule has 5 heteroatoms. The number of aromatic nitrogens is 2. The molecule has 0 aliphatic rings. The summed E-state index contributed by atoms with van der Waals surface area (Å²) in [7, 11) is 0. The Bertz CT molecular complexity index is 887. The van der Waals surface area contributed by atoms with Crippen LogP contribution in [0, 0.1) is 6.92 Å².